The van der Waals surface area contributed by atoms with Gasteiger partial charge in [-0.2, -0.15) is 13.2 Å². The van der Waals surface area contributed by atoms with Crippen molar-refractivity contribution in [3.63, 3.8) is 0 Å². The van der Waals surface area contributed by atoms with E-state index in [-0.39, 0.29) is 24.7 Å². The molecule has 0 radical (unpaired) electrons. The van der Waals surface area contributed by atoms with Gasteiger partial charge in [0.05, 0.1) is 24.2 Å². The van der Waals surface area contributed by atoms with Crippen molar-refractivity contribution >= 4 is 26.9 Å². The van der Waals surface area contributed by atoms with E-state index >= 15 is 0 Å². The van der Waals surface area contributed by atoms with Crippen LogP contribution >= 0.6 is 15.9 Å². The molecule has 0 saturated heterocycles. The number of rotatable bonds is 7. The first-order chi connectivity index (χ1) is 13.4. The predicted octanol–water partition coefficient (Wildman–Crippen LogP) is 5.27. The third kappa shape index (κ3) is 4.56. The molecular formula is C20H16BrF3O4. The Balaban J connectivity index is 2.01. The van der Waals surface area contributed by atoms with Crippen LogP contribution in [0.1, 0.15) is 5.56 Å². The Morgan fingerprint density at radius 2 is 1.68 bits per heavy atom. The molecule has 1 heterocycles. The number of hydrogen-bond acceptors (Lipinski definition) is 4. The summed E-state index contributed by atoms with van der Waals surface area (Å²) >= 11 is 3.24. The largest absolute Gasteiger partial charge is 0.484 e. The predicted molar refractivity (Wildman–Crippen MR) is 103 cm³/mol. The highest BCUT2D eigenvalue weighted by Crippen LogP contribution is 2.34. The molecule has 0 aliphatic carbocycles. The van der Waals surface area contributed by atoms with Gasteiger partial charge in [-0.15, -0.1) is 0 Å². The molecule has 3 rings (SSSR count). The van der Waals surface area contributed by atoms with Crippen molar-refractivity contribution < 1.29 is 27.1 Å². The van der Waals surface area contributed by atoms with Crippen LogP contribution in [-0.2, 0) is 10.9 Å². The van der Waals surface area contributed by atoms with Gasteiger partial charge in [-0.25, -0.2) is 0 Å². The molecule has 4 nitrogen and oxygen atoms in total. The summed E-state index contributed by atoms with van der Waals surface area (Å²) in [6.07, 6.45) is -4.45. The highest BCUT2D eigenvalue weighted by molar-refractivity contribution is 9.09. The van der Waals surface area contributed by atoms with Crippen LogP contribution in [0.4, 0.5) is 13.2 Å². The Morgan fingerprint density at radius 1 is 0.964 bits per heavy atom. The number of ether oxygens (including phenoxy) is 2. The summed E-state index contributed by atoms with van der Waals surface area (Å²) in [4.78, 5) is 12.9. The Kier molecular flexibility index (Phi) is 6.41. The lowest BCUT2D eigenvalue weighted by Gasteiger charge is -2.12. The van der Waals surface area contributed by atoms with E-state index in [1.165, 1.54) is 12.1 Å². The summed E-state index contributed by atoms with van der Waals surface area (Å²) in [6.45, 7) is 0.843. The first kappa shape index (κ1) is 20.4. The molecule has 0 amide bonds. The lowest BCUT2D eigenvalue weighted by Crippen LogP contribution is -2.14. The van der Waals surface area contributed by atoms with E-state index in [2.05, 4.69) is 15.9 Å². The third-order valence-electron chi connectivity index (χ3n) is 3.93. The molecule has 0 unspecified atom stereocenters. The first-order valence-corrected chi connectivity index (χ1v) is 9.54. The van der Waals surface area contributed by atoms with Gasteiger partial charge in [-0.3, -0.25) is 4.79 Å². The van der Waals surface area contributed by atoms with E-state index in [0.717, 1.165) is 12.1 Å². The average molecular weight is 457 g/mol. The fourth-order valence-electron chi connectivity index (χ4n) is 2.62. The number of hydrogen-bond donors (Lipinski definition) is 0. The van der Waals surface area contributed by atoms with Crippen LogP contribution in [0, 0.1) is 0 Å². The van der Waals surface area contributed by atoms with Crippen LogP contribution in [0.15, 0.2) is 57.7 Å². The minimum atomic E-state index is -4.45. The standard InChI is InChI=1S/C20H16BrF3O4/c21-9-10-26-11-12-27-19-17(25)15-3-1-2-4-16(15)28-18(19)13-5-7-14(8-6-13)20(22,23)24/h1-8H,9-12H2. The normalized spacial score (nSPS) is 11.7. The molecule has 1 aromatic heterocycles. The zero-order valence-corrected chi connectivity index (χ0v) is 16.2. The second-order valence-electron chi connectivity index (χ2n) is 5.81. The molecule has 0 fully saturated rings. The summed E-state index contributed by atoms with van der Waals surface area (Å²) in [5.74, 6) is 0.0267. The molecule has 3 aromatic rings. The Labute approximate surface area is 167 Å². The quantitative estimate of drug-likeness (QED) is 0.359. The van der Waals surface area contributed by atoms with Gasteiger partial charge in [0.1, 0.15) is 12.2 Å². The second kappa shape index (κ2) is 8.79. The maximum Gasteiger partial charge on any atom is 0.416 e. The van der Waals surface area contributed by atoms with E-state index in [4.69, 9.17) is 13.9 Å². The van der Waals surface area contributed by atoms with Crippen LogP contribution in [-0.4, -0.2) is 25.2 Å². The summed E-state index contributed by atoms with van der Waals surface area (Å²) in [5.41, 5.74) is -0.542. The van der Waals surface area contributed by atoms with Crippen molar-refractivity contribution in [3.05, 3.63) is 64.3 Å². The topological polar surface area (TPSA) is 48.7 Å². The SMILES string of the molecule is O=c1c(OCCOCCBr)c(-c2ccc(C(F)(F)F)cc2)oc2ccccc12. The smallest absolute Gasteiger partial charge is 0.416 e. The fraction of sp³-hybridized carbons (Fsp3) is 0.250. The van der Waals surface area contributed by atoms with Crippen molar-refractivity contribution in [1.29, 1.82) is 0 Å². The van der Waals surface area contributed by atoms with Gasteiger partial charge in [0.15, 0.2) is 5.76 Å². The average Bonchev–Trinajstić information content (AvgIpc) is 2.68. The van der Waals surface area contributed by atoms with Crippen LogP contribution in [0.25, 0.3) is 22.3 Å². The zero-order chi connectivity index (χ0) is 20.1. The van der Waals surface area contributed by atoms with E-state index in [1.54, 1.807) is 24.3 Å². The highest BCUT2D eigenvalue weighted by atomic mass is 79.9. The van der Waals surface area contributed by atoms with Crippen molar-refractivity contribution in [3.8, 4) is 17.1 Å². The van der Waals surface area contributed by atoms with Gasteiger partial charge in [0.25, 0.3) is 0 Å². The molecule has 0 aliphatic rings. The summed E-state index contributed by atoms with van der Waals surface area (Å²) in [6, 6.07) is 11.0. The van der Waals surface area contributed by atoms with Crippen molar-refractivity contribution in [2.45, 2.75) is 6.18 Å². The Morgan fingerprint density at radius 3 is 2.36 bits per heavy atom. The first-order valence-electron chi connectivity index (χ1n) is 8.42. The second-order valence-corrected chi connectivity index (χ2v) is 6.60. The molecule has 28 heavy (non-hydrogen) atoms. The lowest BCUT2D eigenvalue weighted by atomic mass is 10.1. The van der Waals surface area contributed by atoms with E-state index in [0.29, 0.717) is 28.5 Å². The van der Waals surface area contributed by atoms with E-state index < -0.39 is 17.2 Å². The minimum absolute atomic E-state index is 0.0547. The minimum Gasteiger partial charge on any atom is -0.484 e. The van der Waals surface area contributed by atoms with Gasteiger partial charge >= 0.3 is 6.18 Å². The van der Waals surface area contributed by atoms with Gasteiger partial charge in [-0.1, -0.05) is 40.2 Å². The molecule has 0 aliphatic heterocycles. The van der Waals surface area contributed by atoms with E-state index in [1.807, 2.05) is 0 Å². The highest BCUT2D eigenvalue weighted by Gasteiger charge is 2.30. The van der Waals surface area contributed by atoms with Gasteiger partial charge in [-0.05, 0) is 24.3 Å². The van der Waals surface area contributed by atoms with Crippen molar-refractivity contribution in [2.75, 3.05) is 25.2 Å². The summed E-state index contributed by atoms with van der Waals surface area (Å²) < 4.78 is 55.2. The molecule has 148 valence electrons. The fourth-order valence-corrected chi connectivity index (χ4v) is 2.84. The van der Waals surface area contributed by atoms with Gasteiger partial charge < -0.3 is 13.9 Å². The molecule has 0 N–H and O–H groups in total. The molecule has 0 spiro atoms. The van der Waals surface area contributed by atoms with Crippen molar-refractivity contribution in [2.24, 2.45) is 0 Å². The van der Waals surface area contributed by atoms with Crippen LogP contribution in [0.5, 0.6) is 5.75 Å². The molecule has 0 saturated carbocycles. The van der Waals surface area contributed by atoms with Crippen LogP contribution in [0.2, 0.25) is 0 Å². The maximum absolute atomic E-state index is 12.9. The molecular weight excluding hydrogens is 441 g/mol. The number of para-hydroxylation sites is 1. The zero-order valence-electron chi connectivity index (χ0n) is 14.6. The summed E-state index contributed by atoms with van der Waals surface area (Å²) in [5, 5.41) is 0.997. The van der Waals surface area contributed by atoms with Crippen molar-refractivity contribution in [1.82, 2.24) is 0 Å². The number of halogens is 4. The Hall–Kier alpha value is -2.32. The Bertz CT molecular complexity index is 997. The number of fused-ring (bicyclic) bond motifs is 1. The van der Waals surface area contributed by atoms with Gasteiger partial charge in [0.2, 0.25) is 11.2 Å². The van der Waals surface area contributed by atoms with Gasteiger partial charge in [0, 0.05) is 10.9 Å². The van der Waals surface area contributed by atoms with E-state index in [9.17, 15) is 18.0 Å². The molecule has 0 bridgehead atoms. The third-order valence-corrected chi connectivity index (χ3v) is 4.25. The summed E-state index contributed by atoms with van der Waals surface area (Å²) in [7, 11) is 0. The van der Waals surface area contributed by atoms with Crippen LogP contribution in [0.3, 0.4) is 0 Å². The molecule has 0 atom stereocenters. The maximum atomic E-state index is 12.9. The lowest BCUT2D eigenvalue weighted by molar-refractivity contribution is -0.137. The molecule has 8 heteroatoms. The number of alkyl halides is 4. The molecule has 2 aromatic carbocycles. The monoisotopic (exact) mass is 456 g/mol. The number of benzene rings is 2. The van der Waals surface area contributed by atoms with Crippen LogP contribution < -0.4 is 10.2 Å².